The second-order valence-electron chi connectivity index (χ2n) is 3.40. The van der Waals surface area contributed by atoms with Crippen LogP contribution in [0.2, 0.25) is 0 Å². The van der Waals surface area contributed by atoms with Crippen molar-refractivity contribution < 1.29 is 9.47 Å². The van der Waals surface area contributed by atoms with Gasteiger partial charge in [0.05, 0.1) is 13.2 Å². The lowest BCUT2D eigenvalue weighted by molar-refractivity contribution is -0.204. The molecule has 4 nitrogen and oxygen atoms in total. The largest absolute Gasteiger partial charge is 0.347 e. The number of nitrogens with one attached hydrogen (secondary N) is 1. The normalized spacial score (nSPS) is 34.2. The van der Waals surface area contributed by atoms with E-state index < -0.39 is 0 Å². The van der Waals surface area contributed by atoms with E-state index in [0.717, 1.165) is 32.7 Å². The van der Waals surface area contributed by atoms with Crippen LogP contribution in [0.1, 0.15) is 6.42 Å². The molecule has 2 aliphatic heterocycles. The molecule has 2 heterocycles. The van der Waals surface area contributed by atoms with E-state index in [-0.39, 0.29) is 5.79 Å². The third-order valence-electron chi connectivity index (χ3n) is 2.72. The van der Waals surface area contributed by atoms with Crippen molar-refractivity contribution in [3.8, 4) is 0 Å². The van der Waals surface area contributed by atoms with Gasteiger partial charge in [-0.2, -0.15) is 0 Å². The highest BCUT2D eigenvalue weighted by molar-refractivity contribution is 4.89. The first-order valence-corrected chi connectivity index (χ1v) is 4.56. The maximum absolute atomic E-state index is 5.66. The minimum atomic E-state index is -0.347. The average Bonchev–Trinajstić information content (AvgIpc) is 2.55. The van der Waals surface area contributed by atoms with Crippen molar-refractivity contribution in [1.29, 1.82) is 0 Å². The molecule has 1 spiro atoms. The Kier molecular flexibility index (Phi) is 2.32. The average molecular weight is 172 g/mol. The van der Waals surface area contributed by atoms with Crippen molar-refractivity contribution in [3.63, 3.8) is 0 Å². The highest BCUT2D eigenvalue weighted by Gasteiger charge is 2.44. The van der Waals surface area contributed by atoms with Crippen molar-refractivity contribution >= 4 is 0 Å². The number of hydrogen-bond donors (Lipinski definition) is 2. The summed E-state index contributed by atoms with van der Waals surface area (Å²) >= 11 is 0. The highest BCUT2D eigenvalue weighted by Crippen LogP contribution is 2.32. The van der Waals surface area contributed by atoms with Crippen LogP contribution in [0.4, 0.5) is 0 Å². The SMILES string of the molecule is NC[C@@H]1CNCCC12OCCO2. The molecule has 0 aromatic rings. The van der Waals surface area contributed by atoms with Crippen LogP contribution in [0.15, 0.2) is 0 Å². The first kappa shape index (κ1) is 8.44. The molecule has 0 bridgehead atoms. The smallest absolute Gasteiger partial charge is 0.174 e. The maximum Gasteiger partial charge on any atom is 0.174 e. The van der Waals surface area contributed by atoms with Crippen molar-refractivity contribution in [2.75, 3.05) is 32.8 Å². The van der Waals surface area contributed by atoms with Gasteiger partial charge in [0.1, 0.15) is 0 Å². The Morgan fingerprint density at radius 1 is 1.42 bits per heavy atom. The van der Waals surface area contributed by atoms with Gasteiger partial charge in [-0.25, -0.2) is 0 Å². The van der Waals surface area contributed by atoms with Gasteiger partial charge in [0.15, 0.2) is 5.79 Å². The zero-order chi connectivity index (χ0) is 8.44. The van der Waals surface area contributed by atoms with Crippen LogP contribution < -0.4 is 11.1 Å². The highest BCUT2D eigenvalue weighted by atomic mass is 16.7. The Hall–Kier alpha value is -0.160. The van der Waals surface area contributed by atoms with Gasteiger partial charge in [0, 0.05) is 32.0 Å². The van der Waals surface area contributed by atoms with E-state index in [9.17, 15) is 0 Å². The van der Waals surface area contributed by atoms with E-state index >= 15 is 0 Å². The summed E-state index contributed by atoms with van der Waals surface area (Å²) in [5.41, 5.74) is 5.66. The fourth-order valence-corrected chi connectivity index (χ4v) is 2.01. The van der Waals surface area contributed by atoms with E-state index in [4.69, 9.17) is 15.2 Å². The van der Waals surface area contributed by atoms with Gasteiger partial charge in [0.2, 0.25) is 0 Å². The molecule has 2 rings (SSSR count). The topological polar surface area (TPSA) is 56.5 Å². The Labute approximate surface area is 72.4 Å². The van der Waals surface area contributed by atoms with E-state index in [1.54, 1.807) is 0 Å². The summed E-state index contributed by atoms with van der Waals surface area (Å²) in [6.07, 6.45) is 0.925. The third kappa shape index (κ3) is 1.25. The second-order valence-corrected chi connectivity index (χ2v) is 3.40. The van der Waals surface area contributed by atoms with Gasteiger partial charge in [-0.15, -0.1) is 0 Å². The molecule has 2 fully saturated rings. The summed E-state index contributed by atoms with van der Waals surface area (Å²) in [5, 5.41) is 3.30. The molecule has 0 aliphatic carbocycles. The molecule has 4 heteroatoms. The Morgan fingerprint density at radius 3 is 2.83 bits per heavy atom. The summed E-state index contributed by atoms with van der Waals surface area (Å²) < 4.78 is 11.3. The van der Waals surface area contributed by atoms with Crippen LogP contribution in [0.5, 0.6) is 0 Å². The molecule has 70 valence electrons. The number of hydrogen-bond acceptors (Lipinski definition) is 4. The van der Waals surface area contributed by atoms with Gasteiger partial charge < -0.3 is 20.5 Å². The minimum absolute atomic E-state index is 0.314. The van der Waals surface area contributed by atoms with Crippen LogP contribution >= 0.6 is 0 Å². The van der Waals surface area contributed by atoms with Gasteiger partial charge in [-0.1, -0.05) is 0 Å². The minimum Gasteiger partial charge on any atom is -0.347 e. The molecule has 2 aliphatic rings. The molecular formula is C8H16N2O2. The second kappa shape index (κ2) is 3.30. The molecule has 0 amide bonds. The van der Waals surface area contributed by atoms with Crippen molar-refractivity contribution in [2.45, 2.75) is 12.2 Å². The van der Waals surface area contributed by atoms with E-state index in [1.807, 2.05) is 0 Å². The summed E-state index contributed by atoms with van der Waals surface area (Å²) in [6, 6.07) is 0. The van der Waals surface area contributed by atoms with Crippen LogP contribution in [0.3, 0.4) is 0 Å². The molecule has 2 saturated heterocycles. The number of rotatable bonds is 1. The molecule has 0 unspecified atom stereocenters. The Balaban J connectivity index is 2.07. The van der Waals surface area contributed by atoms with Crippen molar-refractivity contribution in [3.05, 3.63) is 0 Å². The lowest BCUT2D eigenvalue weighted by Crippen LogP contribution is -2.53. The van der Waals surface area contributed by atoms with Crippen molar-refractivity contribution in [1.82, 2.24) is 5.32 Å². The standard InChI is InChI=1S/C8H16N2O2/c9-5-7-6-10-2-1-8(7)11-3-4-12-8/h7,10H,1-6,9H2/t7-/m1/s1. The third-order valence-corrected chi connectivity index (χ3v) is 2.72. The van der Waals surface area contributed by atoms with E-state index in [0.29, 0.717) is 12.5 Å². The number of piperidine rings is 1. The van der Waals surface area contributed by atoms with Crippen LogP contribution in [-0.4, -0.2) is 38.6 Å². The zero-order valence-corrected chi connectivity index (χ0v) is 7.21. The Bertz CT molecular complexity index is 157. The molecular weight excluding hydrogens is 156 g/mol. The first-order chi connectivity index (χ1) is 5.87. The molecule has 12 heavy (non-hydrogen) atoms. The molecule has 3 N–H and O–H groups in total. The predicted molar refractivity (Wildman–Crippen MR) is 44.7 cm³/mol. The van der Waals surface area contributed by atoms with Crippen LogP contribution in [0, 0.1) is 5.92 Å². The molecule has 0 saturated carbocycles. The first-order valence-electron chi connectivity index (χ1n) is 4.56. The number of ether oxygens (including phenoxy) is 2. The molecule has 0 aromatic heterocycles. The molecule has 0 radical (unpaired) electrons. The number of nitrogens with two attached hydrogens (primary N) is 1. The van der Waals surface area contributed by atoms with E-state index in [1.165, 1.54) is 0 Å². The van der Waals surface area contributed by atoms with Crippen molar-refractivity contribution in [2.24, 2.45) is 11.7 Å². The van der Waals surface area contributed by atoms with Gasteiger partial charge in [0.25, 0.3) is 0 Å². The lowest BCUT2D eigenvalue weighted by atomic mass is 9.92. The lowest BCUT2D eigenvalue weighted by Gasteiger charge is -2.38. The Morgan fingerprint density at radius 2 is 2.17 bits per heavy atom. The summed E-state index contributed by atoms with van der Waals surface area (Å²) in [4.78, 5) is 0. The monoisotopic (exact) mass is 172 g/mol. The maximum atomic E-state index is 5.66. The fourth-order valence-electron chi connectivity index (χ4n) is 2.01. The molecule has 1 atom stereocenters. The van der Waals surface area contributed by atoms with Crippen LogP contribution in [0.25, 0.3) is 0 Å². The quantitative estimate of drug-likeness (QED) is 0.549. The summed E-state index contributed by atoms with van der Waals surface area (Å²) in [7, 11) is 0. The molecule has 0 aromatic carbocycles. The van der Waals surface area contributed by atoms with Gasteiger partial charge in [-0.05, 0) is 0 Å². The van der Waals surface area contributed by atoms with E-state index in [2.05, 4.69) is 5.32 Å². The zero-order valence-electron chi connectivity index (χ0n) is 7.21. The fraction of sp³-hybridized carbons (Fsp3) is 1.00. The van der Waals surface area contributed by atoms with Gasteiger partial charge >= 0.3 is 0 Å². The van der Waals surface area contributed by atoms with Crippen LogP contribution in [-0.2, 0) is 9.47 Å². The predicted octanol–water partition coefficient (Wildman–Crippen LogP) is -0.702. The van der Waals surface area contributed by atoms with Gasteiger partial charge in [-0.3, -0.25) is 0 Å². The summed E-state index contributed by atoms with van der Waals surface area (Å²) in [6.45, 7) is 3.95. The summed E-state index contributed by atoms with van der Waals surface area (Å²) in [5.74, 6) is -0.0336.